The summed E-state index contributed by atoms with van der Waals surface area (Å²) in [6.07, 6.45) is 4.60. The number of fused-ring (bicyclic) bond motifs is 1. The van der Waals surface area contributed by atoms with Gasteiger partial charge in [0.2, 0.25) is 15.9 Å². The fourth-order valence-electron chi connectivity index (χ4n) is 5.91. The van der Waals surface area contributed by atoms with E-state index in [-0.39, 0.29) is 37.1 Å². The zero-order valence-corrected chi connectivity index (χ0v) is 22.5. The molecule has 3 heterocycles. The number of sulfonamides is 1. The van der Waals surface area contributed by atoms with E-state index in [1.165, 1.54) is 0 Å². The number of amides is 1. The number of nitrogens with zero attached hydrogens (tertiary/aromatic N) is 3. The van der Waals surface area contributed by atoms with E-state index in [4.69, 9.17) is 4.74 Å². The molecule has 2 aliphatic heterocycles. The minimum absolute atomic E-state index is 0.0221. The first-order valence-corrected chi connectivity index (χ1v) is 14.2. The van der Waals surface area contributed by atoms with Crippen LogP contribution in [-0.2, 0) is 26.1 Å². The van der Waals surface area contributed by atoms with E-state index >= 15 is 0 Å². The first-order valence-electron chi connectivity index (χ1n) is 12.7. The van der Waals surface area contributed by atoms with E-state index < -0.39 is 10.0 Å². The number of aromatic nitrogens is 1. The molecule has 0 N–H and O–H groups in total. The quantitative estimate of drug-likeness (QED) is 0.570. The fraction of sp³-hybridized carbons (Fsp3) is 0.593. The van der Waals surface area contributed by atoms with Crippen molar-refractivity contribution in [1.82, 2.24) is 13.8 Å². The van der Waals surface area contributed by atoms with Crippen LogP contribution < -0.4 is 0 Å². The Morgan fingerprint density at radius 3 is 2.49 bits per heavy atom. The summed E-state index contributed by atoms with van der Waals surface area (Å²) >= 11 is 0. The number of rotatable bonds is 7. The van der Waals surface area contributed by atoms with Crippen molar-refractivity contribution in [3.8, 4) is 0 Å². The molecule has 7 nitrogen and oxygen atoms in total. The Morgan fingerprint density at radius 2 is 1.80 bits per heavy atom. The molecule has 2 atom stereocenters. The number of hydrogen-bond donors (Lipinski definition) is 0. The lowest BCUT2D eigenvalue weighted by molar-refractivity contribution is -0.141. The highest BCUT2D eigenvalue weighted by Gasteiger charge is 2.36. The van der Waals surface area contributed by atoms with Gasteiger partial charge in [-0.05, 0) is 62.8 Å². The van der Waals surface area contributed by atoms with Crippen molar-refractivity contribution in [3.63, 3.8) is 0 Å². The standard InChI is InChI=1S/C27H39N3O4S/c1-19(2)26-24-10-8-11-28(24)13-14-29(26)25(31)18-34-17-23-9-6-7-12-30(23)35(32,33)27-21(4)15-20(3)16-22(27)5/h8,10-11,15-16,19,23,26H,6-7,9,12-14,17-18H2,1-5H3. The summed E-state index contributed by atoms with van der Waals surface area (Å²) in [7, 11) is -3.65. The van der Waals surface area contributed by atoms with E-state index in [1.807, 2.05) is 43.9 Å². The van der Waals surface area contributed by atoms with Gasteiger partial charge in [0.25, 0.3) is 0 Å². The number of ether oxygens (including phenoxy) is 1. The second-order valence-electron chi connectivity index (χ2n) is 10.4. The summed E-state index contributed by atoms with van der Waals surface area (Å²) < 4.78 is 37.1. The molecule has 1 saturated heterocycles. The number of carbonyl (C=O) groups excluding carboxylic acids is 1. The minimum atomic E-state index is -3.65. The van der Waals surface area contributed by atoms with Crippen molar-refractivity contribution in [3.05, 3.63) is 52.8 Å². The number of benzene rings is 1. The molecule has 0 aliphatic carbocycles. The molecule has 0 radical (unpaired) electrons. The van der Waals surface area contributed by atoms with Gasteiger partial charge in [-0.15, -0.1) is 0 Å². The molecule has 35 heavy (non-hydrogen) atoms. The maximum absolute atomic E-state index is 13.7. The summed E-state index contributed by atoms with van der Waals surface area (Å²) in [6.45, 7) is 12.1. The highest BCUT2D eigenvalue weighted by atomic mass is 32.2. The normalized spacial score (nSPS) is 21.4. The second kappa shape index (κ2) is 10.4. The van der Waals surface area contributed by atoms with Crippen LogP contribution in [-0.4, -0.2) is 60.4 Å². The third kappa shape index (κ3) is 5.20. The largest absolute Gasteiger partial charge is 0.370 e. The summed E-state index contributed by atoms with van der Waals surface area (Å²) in [5.41, 5.74) is 3.77. The van der Waals surface area contributed by atoms with Crippen LogP contribution in [0.2, 0.25) is 0 Å². The second-order valence-corrected chi connectivity index (χ2v) is 12.2. The van der Waals surface area contributed by atoms with Crippen molar-refractivity contribution in [2.24, 2.45) is 5.92 Å². The molecule has 2 aliphatic rings. The lowest BCUT2D eigenvalue weighted by atomic mass is 9.97. The van der Waals surface area contributed by atoms with Gasteiger partial charge in [0, 0.05) is 37.6 Å². The summed E-state index contributed by atoms with van der Waals surface area (Å²) in [5, 5.41) is 0. The smallest absolute Gasteiger partial charge is 0.249 e. The van der Waals surface area contributed by atoms with Crippen molar-refractivity contribution in [2.45, 2.75) is 77.4 Å². The topological polar surface area (TPSA) is 71.8 Å². The molecule has 1 aromatic carbocycles. The van der Waals surface area contributed by atoms with Crippen LogP contribution in [0.15, 0.2) is 35.4 Å². The molecular weight excluding hydrogens is 462 g/mol. The molecule has 192 valence electrons. The van der Waals surface area contributed by atoms with Gasteiger partial charge < -0.3 is 14.2 Å². The SMILES string of the molecule is Cc1cc(C)c(S(=O)(=O)N2CCCCC2COCC(=O)N2CCn3cccc3C2C(C)C)c(C)c1. The van der Waals surface area contributed by atoms with Crippen LogP contribution in [0.3, 0.4) is 0 Å². The Hall–Kier alpha value is -2.16. The van der Waals surface area contributed by atoms with Crippen molar-refractivity contribution in [2.75, 3.05) is 26.3 Å². The zero-order chi connectivity index (χ0) is 25.3. The maximum Gasteiger partial charge on any atom is 0.249 e. The predicted molar refractivity (Wildman–Crippen MR) is 137 cm³/mol. The van der Waals surface area contributed by atoms with Crippen LogP contribution >= 0.6 is 0 Å². The molecular formula is C27H39N3O4S. The van der Waals surface area contributed by atoms with Gasteiger partial charge in [0.05, 0.1) is 17.5 Å². The summed E-state index contributed by atoms with van der Waals surface area (Å²) in [5.74, 6) is 0.249. The molecule has 2 unspecified atom stereocenters. The lowest BCUT2D eigenvalue weighted by Crippen LogP contribution is -2.48. The molecule has 1 aromatic heterocycles. The Labute approximate surface area is 210 Å². The van der Waals surface area contributed by atoms with Crippen molar-refractivity contribution in [1.29, 1.82) is 0 Å². The molecule has 8 heteroatoms. The van der Waals surface area contributed by atoms with Gasteiger partial charge in [-0.1, -0.05) is 38.0 Å². The van der Waals surface area contributed by atoms with Crippen LogP contribution in [0.5, 0.6) is 0 Å². The highest BCUT2D eigenvalue weighted by molar-refractivity contribution is 7.89. The molecule has 0 saturated carbocycles. The summed E-state index contributed by atoms with van der Waals surface area (Å²) in [4.78, 5) is 15.5. The Bertz CT molecular complexity index is 1150. The Morgan fingerprint density at radius 1 is 1.09 bits per heavy atom. The number of carbonyl (C=O) groups is 1. The predicted octanol–water partition coefficient (Wildman–Crippen LogP) is 4.21. The Kier molecular flexibility index (Phi) is 7.74. The van der Waals surface area contributed by atoms with Crippen LogP contribution in [0.1, 0.15) is 61.5 Å². The van der Waals surface area contributed by atoms with Crippen LogP contribution in [0.25, 0.3) is 0 Å². The van der Waals surface area contributed by atoms with Crippen LogP contribution in [0.4, 0.5) is 0 Å². The van der Waals surface area contributed by atoms with E-state index in [0.29, 0.717) is 18.0 Å². The average Bonchev–Trinajstić information content (AvgIpc) is 3.26. The van der Waals surface area contributed by atoms with Gasteiger partial charge in [-0.2, -0.15) is 4.31 Å². The zero-order valence-electron chi connectivity index (χ0n) is 21.7. The number of piperidine rings is 1. The van der Waals surface area contributed by atoms with E-state index in [0.717, 1.165) is 48.2 Å². The van der Waals surface area contributed by atoms with Gasteiger partial charge >= 0.3 is 0 Å². The molecule has 0 bridgehead atoms. The van der Waals surface area contributed by atoms with Crippen molar-refractivity contribution < 1.29 is 17.9 Å². The molecule has 0 spiro atoms. The maximum atomic E-state index is 13.7. The lowest BCUT2D eigenvalue weighted by Gasteiger charge is -2.39. The monoisotopic (exact) mass is 501 g/mol. The fourth-order valence-corrected chi connectivity index (χ4v) is 8.00. The third-order valence-electron chi connectivity index (χ3n) is 7.32. The van der Waals surface area contributed by atoms with Crippen molar-refractivity contribution >= 4 is 15.9 Å². The Balaban J connectivity index is 1.44. The van der Waals surface area contributed by atoms with Gasteiger partial charge in [-0.3, -0.25) is 4.79 Å². The van der Waals surface area contributed by atoms with Gasteiger partial charge in [0.1, 0.15) is 6.61 Å². The minimum Gasteiger partial charge on any atom is -0.370 e. The van der Waals surface area contributed by atoms with E-state index in [1.54, 1.807) is 4.31 Å². The summed E-state index contributed by atoms with van der Waals surface area (Å²) in [6, 6.07) is 7.73. The molecule has 2 aromatic rings. The number of aryl methyl sites for hydroxylation is 3. The average molecular weight is 502 g/mol. The van der Waals surface area contributed by atoms with Crippen LogP contribution in [0, 0.1) is 26.7 Å². The van der Waals surface area contributed by atoms with E-state index in [2.05, 4.69) is 30.7 Å². The van der Waals surface area contributed by atoms with Gasteiger partial charge in [0.15, 0.2) is 0 Å². The van der Waals surface area contributed by atoms with E-state index in [9.17, 15) is 13.2 Å². The van der Waals surface area contributed by atoms with Gasteiger partial charge in [-0.25, -0.2) is 8.42 Å². The molecule has 1 amide bonds. The first-order chi connectivity index (χ1) is 16.6. The molecule has 4 rings (SSSR count). The highest BCUT2D eigenvalue weighted by Crippen LogP contribution is 2.33. The molecule has 1 fully saturated rings. The number of hydrogen-bond acceptors (Lipinski definition) is 4. The third-order valence-corrected chi connectivity index (χ3v) is 9.58. The first kappa shape index (κ1) is 25.9.